The van der Waals surface area contributed by atoms with E-state index in [0.29, 0.717) is 23.9 Å². The number of halogens is 1. The molecule has 5 nitrogen and oxygen atoms in total. The molecule has 136 valence electrons. The lowest BCUT2D eigenvalue weighted by atomic mass is 10.1. The second-order valence-electron chi connectivity index (χ2n) is 6.77. The maximum absolute atomic E-state index is 12.5. The summed E-state index contributed by atoms with van der Waals surface area (Å²) in [4.78, 5) is 16.8. The predicted octanol–water partition coefficient (Wildman–Crippen LogP) is 3.68. The quantitative estimate of drug-likeness (QED) is 0.869. The van der Waals surface area contributed by atoms with Crippen molar-refractivity contribution < 1.29 is 14.3 Å². The minimum Gasteiger partial charge on any atom is -0.480 e. The summed E-state index contributed by atoms with van der Waals surface area (Å²) >= 11 is 6.00. The van der Waals surface area contributed by atoms with Gasteiger partial charge in [-0.3, -0.25) is 4.79 Å². The number of rotatable bonds is 5. The maximum Gasteiger partial charge on any atom is 0.261 e. The number of aromatic nitrogens is 1. The molecule has 2 aliphatic rings. The summed E-state index contributed by atoms with van der Waals surface area (Å²) in [6.45, 7) is 0.367. The third-order valence-electron chi connectivity index (χ3n) is 4.87. The van der Waals surface area contributed by atoms with E-state index >= 15 is 0 Å². The summed E-state index contributed by atoms with van der Waals surface area (Å²) in [7, 11) is 0. The van der Waals surface area contributed by atoms with Gasteiger partial charge in [0.25, 0.3) is 5.91 Å². The molecule has 2 aromatic rings. The molecule has 1 aromatic heterocycles. The lowest BCUT2D eigenvalue weighted by Crippen LogP contribution is -2.37. The highest BCUT2D eigenvalue weighted by molar-refractivity contribution is 6.30. The van der Waals surface area contributed by atoms with Crippen LogP contribution in [0, 0.1) is 0 Å². The first kappa shape index (κ1) is 17.2. The molecule has 6 heteroatoms. The highest BCUT2D eigenvalue weighted by atomic mass is 35.5. The molecule has 4 rings (SSSR count). The van der Waals surface area contributed by atoms with Crippen LogP contribution in [0.25, 0.3) is 0 Å². The summed E-state index contributed by atoms with van der Waals surface area (Å²) in [6, 6.07) is 9.20. The SMILES string of the molecule is O=C(NCc1cccnc1OC1CCCC1)C1Cc2cc(Cl)ccc2O1. The van der Waals surface area contributed by atoms with Crippen molar-refractivity contribution in [2.45, 2.75) is 50.9 Å². The van der Waals surface area contributed by atoms with Crippen LogP contribution in [0.4, 0.5) is 0 Å². The van der Waals surface area contributed by atoms with Crippen molar-refractivity contribution in [2.24, 2.45) is 0 Å². The van der Waals surface area contributed by atoms with E-state index in [1.807, 2.05) is 18.2 Å². The molecule has 1 atom stereocenters. The fourth-order valence-corrected chi connectivity index (χ4v) is 3.68. The molecule has 1 saturated carbocycles. The van der Waals surface area contributed by atoms with Crippen LogP contribution in [0.15, 0.2) is 36.5 Å². The number of benzene rings is 1. The van der Waals surface area contributed by atoms with Gasteiger partial charge in [-0.25, -0.2) is 4.98 Å². The molecule has 1 aliphatic heterocycles. The van der Waals surface area contributed by atoms with E-state index in [4.69, 9.17) is 21.1 Å². The molecule has 0 radical (unpaired) electrons. The standard InChI is InChI=1S/C20H21ClN2O3/c21-15-7-8-17-14(10-15)11-18(26-17)19(24)23-12-13-4-3-9-22-20(13)25-16-5-1-2-6-16/h3-4,7-10,16,18H,1-2,5-6,11-12H2,(H,23,24). The van der Waals surface area contributed by atoms with Crippen molar-refractivity contribution in [3.05, 3.63) is 52.7 Å². The van der Waals surface area contributed by atoms with E-state index < -0.39 is 6.10 Å². The molecule has 0 saturated heterocycles. The highest BCUT2D eigenvalue weighted by Gasteiger charge is 2.29. The van der Waals surface area contributed by atoms with Gasteiger partial charge in [-0.15, -0.1) is 0 Å². The lowest BCUT2D eigenvalue weighted by molar-refractivity contribution is -0.127. The number of hydrogen-bond donors (Lipinski definition) is 1. The molecule has 1 N–H and O–H groups in total. The van der Waals surface area contributed by atoms with Gasteiger partial charge in [0.1, 0.15) is 11.9 Å². The molecule has 1 fully saturated rings. The minimum atomic E-state index is -0.528. The van der Waals surface area contributed by atoms with Crippen molar-refractivity contribution in [2.75, 3.05) is 0 Å². The molecule has 1 aromatic carbocycles. The topological polar surface area (TPSA) is 60.5 Å². The second kappa shape index (κ2) is 7.54. The van der Waals surface area contributed by atoms with Crippen LogP contribution in [-0.4, -0.2) is 23.1 Å². The lowest BCUT2D eigenvalue weighted by Gasteiger charge is -2.16. The van der Waals surface area contributed by atoms with Crippen molar-refractivity contribution >= 4 is 17.5 Å². The molecule has 2 heterocycles. The molecular formula is C20H21ClN2O3. The number of nitrogens with zero attached hydrogens (tertiary/aromatic N) is 1. The van der Waals surface area contributed by atoms with Crippen LogP contribution in [0.2, 0.25) is 5.02 Å². The molecule has 1 amide bonds. The van der Waals surface area contributed by atoms with Crippen LogP contribution in [0.5, 0.6) is 11.6 Å². The van der Waals surface area contributed by atoms with E-state index in [9.17, 15) is 4.79 Å². The van der Waals surface area contributed by atoms with Crippen LogP contribution >= 0.6 is 11.6 Å². The fraction of sp³-hybridized carbons (Fsp3) is 0.400. The molecular weight excluding hydrogens is 352 g/mol. The van der Waals surface area contributed by atoms with Gasteiger partial charge in [-0.05, 0) is 55.5 Å². The Morgan fingerprint density at radius 1 is 1.31 bits per heavy atom. The number of hydrogen-bond acceptors (Lipinski definition) is 4. The van der Waals surface area contributed by atoms with Gasteiger partial charge < -0.3 is 14.8 Å². The third-order valence-corrected chi connectivity index (χ3v) is 5.11. The molecule has 0 bridgehead atoms. The summed E-state index contributed by atoms with van der Waals surface area (Å²) in [5.74, 6) is 1.19. The zero-order valence-corrected chi connectivity index (χ0v) is 15.2. The Bertz CT molecular complexity index is 805. The Balaban J connectivity index is 1.36. The first-order valence-corrected chi connectivity index (χ1v) is 9.40. The summed E-state index contributed by atoms with van der Waals surface area (Å²) in [5.41, 5.74) is 1.84. The second-order valence-corrected chi connectivity index (χ2v) is 7.21. The van der Waals surface area contributed by atoms with Crippen molar-refractivity contribution in [3.8, 4) is 11.6 Å². The van der Waals surface area contributed by atoms with Crippen molar-refractivity contribution in [1.29, 1.82) is 0 Å². The van der Waals surface area contributed by atoms with Crippen molar-refractivity contribution in [3.63, 3.8) is 0 Å². The summed E-state index contributed by atoms with van der Waals surface area (Å²) < 4.78 is 11.8. The van der Waals surface area contributed by atoms with Gasteiger partial charge in [0.15, 0.2) is 6.10 Å². The van der Waals surface area contributed by atoms with Crippen LogP contribution in [0.3, 0.4) is 0 Å². The third kappa shape index (κ3) is 3.78. The molecule has 0 spiro atoms. The Kier molecular flexibility index (Phi) is 4.98. The Hall–Kier alpha value is -2.27. The average Bonchev–Trinajstić information content (AvgIpc) is 3.30. The molecule has 1 aliphatic carbocycles. The van der Waals surface area contributed by atoms with Gasteiger partial charge in [-0.1, -0.05) is 17.7 Å². The molecule has 1 unspecified atom stereocenters. The van der Waals surface area contributed by atoms with Gasteiger partial charge >= 0.3 is 0 Å². The Morgan fingerprint density at radius 3 is 3.00 bits per heavy atom. The van der Waals surface area contributed by atoms with E-state index in [1.54, 1.807) is 18.3 Å². The monoisotopic (exact) mass is 372 g/mol. The van der Waals surface area contributed by atoms with E-state index in [0.717, 1.165) is 29.7 Å². The number of pyridine rings is 1. The fourth-order valence-electron chi connectivity index (χ4n) is 3.49. The first-order valence-electron chi connectivity index (χ1n) is 9.02. The van der Waals surface area contributed by atoms with Gasteiger partial charge in [0, 0.05) is 29.7 Å². The van der Waals surface area contributed by atoms with E-state index in [1.165, 1.54) is 12.8 Å². The number of nitrogens with one attached hydrogen (secondary N) is 1. The number of carbonyl (C=O) groups excluding carboxylic acids is 1. The molecule has 26 heavy (non-hydrogen) atoms. The Morgan fingerprint density at radius 2 is 2.15 bits per heavy atom. The van der Waals surface area contributed by atoms with E-state index in [2.05, 4.69) is 10.3 Å². The van der Waals surface area contributed by atoms with Crippen LogP contribution in [0.1, 0.15) is 36.8 Å². The summed E-state index contributed by atoms with van der Waals surface area (Å²) in [6.07, 6.45) is 6.49. The van der Waals surface area contributed by atoms with Gasteiger partial charge in [-0.2, -0.15) is 0 Å². The Labute approximate surface area is 157 Å². The smallest absolute Gasteiger partial charge is 0.261 e. The number of ether oxygens (including phenoxy) is 2. The number of fused-ring (bicyclic) bond motifs is 1. The maximum atomic E-state index is 12.5. The minimum absolute atomic E-state index is 0.145. The van der Waals surface area contributed by atoms with Crippen LogP contribution in [-0.2, 0) is 17.8 Å². The normalized spacial score (nSPS) is 19.0. The van der Waals surface area contributed by atoms with Gasteiger partial charge in [0.2, 0.25) is 5.88 Å². The van der Waals surface area contributed by atoms with E-state index in [-0.39, 0.29) is 12.0 Å². The van der Waals surface area contributed by atoms with Crippen LogP contribution < -0.4 is 14.8 Å². The zero-order chi connectivity index (χ0) is 17.9. The number of carbonyl (C=O) groups is 1. The predicted molar refractivity (Wildman–Crippen MR) is 98.5 cm³/mol. The zero-order valence-electron chi connectivity index (χ0n) is 14.4. The summed E-state index contributed by atoms with van der Waals surface area (Å²) in [5, 5.41) is 3.59. The largest absolute Gasteiger partial charge is 0.480 e. The van der Waals surface area contributed by atoms with Gasteiger partial charge in [0.05, 0.1) is 0 Å². The number of amides is 1. The average molecular weight is 373 g/mol. The highest BCUT2D eigenvalue weighted by Crippen LogP contribution is 2.31. The van der Waals surface area contributed by atoms with Crippen molar-refractivity contribution in [1.82, 2.24) is 10.3 Å². The first-order chi connectivity index (χ1) is 12.7.